The number of anilines is 1. The lowest BCUT2D eigenvalue weighted by Gasteiger charge is -2.19. The predicted octanol–water partition coefficient (Wildman–Crippen LogP) is 4.04. The van der Waals surface area contributed by atoms with Crippen molar-refractivity contribution in [3.63, 3.8) is 0 Å². The van der Waals surface area contributed by atoms with Gasteiger partial charge in [0.1, 0.15) is 23.2 Å². The van der Waals surface area contributed by atoms with Gasteiger partial charge in [-0.15, -0.1) is 0 Å². The molecule has 0 radical (unpaired) electrons. The van der Waals surface area contributed by atoms with Crippen LogP contribution in [0.5, 0.6) is 5.75 Å². The smallest absolute Gasteiger partial charge is 0.145 e. The van der Waals surface area contributed by atoms with Crippen LogP contribution in [0.4, 0.5) is 5.69 Å². The van der Waals surface area contributed by atoms with Crippen LogP contribution in [0.2, 0.25) is 0 Å². The summed E-state index contributed by atoms with van der Waals surface area (Å²) < 4.78 is 5.46. The second-order valence-corrected chi connectivity index (χ2v) is 6.29. The Morgan fingerprint density at radius 2 is 2.00 bits per heavy atom. The van der Waals surface area contributed by atoms with Gasteiger partial charge in [-0.25, -0.2) is 4.98 Å². The topological polar surface area (TPSA) is 85.2 Å². The van der Waals surface area contributed by atoms with Gasteiger partial charge in [0.2, 0.25) is 0 Å². The van der Waals surface area contributed by atoms with Gasteiger partial charge in [-0.05, 0) is 55.8 Å². The first-order valence-corrected chi connectivity index (χ1v) is 8.55. The molecule has 3 N–H and O–H groups in total. The number of aliphatic hydroxyl groups excluding tert-OH is 1. The lowest BCUT2D eigenvalue weighted by atomic mass is 10.2. The molecule has 1 aliphatic rings. The van der Waals surface area contributed by atoms with E-state index in [0.717, 1.165) is 28.0 Å². The Labute approximate surface area is 151 Å². The molecule has 2 heterocycles. The number of fused-ring (bicyclic) bond motifs is 1. The molecule has 0 amide bonds. The van der Waals surface area contributed by atoms with Crippen molar-refractivity contribution < 1.29 is 9.84 Å². The maximum Gasteiger partial charge on any atom is 0.145 e. The van der Waals surface area contributed by atoms with Gasteiger partial charge in [0.05, 0.1) is 29.8 Å². The number of aromatic nitrogens is 2. The molecule has 6 heteroatoms. The molecule has 26 heavy (non-hydrogen) atoms. The molecule has 0 bridgehead atoms. The number of amidine groups is 1. The van der Waals surface area contributed by atoms with Gasteiger partial charge in [-0.2, -0.15) is 0 Å². The van der Waals surface area contributed by atoms with E-state index in [1.165, 1.54) is 0 Å². The zero-order chi connectivity index (χ0) is 18.3. The van der Waals surface area contributed by atoms with Crippen molar-refractivity contribution in [2.75, 3.05) is 18.1 Å². The number of hydrogen-bond acceptors (Lipinski definition) is 4. The van der Waals surface area contributed by atoms with Crippen molar-refractivity contribution in [2.45, 2.75) is 13.8 Å². The van der Waals surface area contributed by atoms with Crippen LogP contribution in [0.15, 0.2) is 48.2 Å². The molecule has 0 saturated heterocycles. The van der Waals surface area contributed by atoms with Gasteiger partial charge in [0, 0.05) is 5.69 Å². The number of nitrogens with zero attached hydrogens (tertiary/aromatic N) is 2. The number of imidazole rings is 1. The molecule has 0 aliphatic carbocycles. The van der Waals surface area contributed by atoms with Gasteiger partial charge < -0.3 is 19.7 Å². The number of aryl methyl sites for hydroxylation is 1. The fraction of sp³-hybridized carbons (Fsp3) is 0.200. The van der Waals surface area contributed by atoms with Gasteiger partial charge in [0.15, 0.2) is 0 Å². The van der Waals surface area contributed by atoms with Crippen molar-refractivity contribution in [3.05, 3.63) is 59.6 Å². The molecule has 1 aromatic heterocycles. The third-order valence-corrected chi connectivity index (χ3v) is 4.44. The fourth-order valence-corrected chi connectivity index (χ4v) is 3.18. The number of ether oxygens (including phenoxy) is 1. The van der Waals surface area contributed by atoms with Crippen molar-refractivity contribution in [1.82, 2.24) is 9.97 Å². The first-order chi connectivity index (χ1) is 12.6. The van der Waals surface area contributed by atoms with E-state index in [1.54, 1.807) is 4.90 Å². The second kappa shape index (κ2) is 6.22. The quantitative estimate of drug-likeness (QED) is 0.664. The zero-order valence-corrected chi connectivity index (χ0v) is 14.7. The van der Waals surface area contributed by atoms with Crippen LogP contribution in [0, 0.1) is 12.3 Å². The van der Waals surface area contributed by atoms with E-state index in [-0.39, 0.29) is 18.1 Å². The van der Waals surface area contributed by atoms with Crippen LogP contribution in [0.1, 0.15) is 18.3 Å². The number of nitrogens with one attached hydrogen (secondary N) is 2. The molecule has 3 aromatic rings. The average molecular weight is 348 g/mol. The van der Waals surface area contributed by atoms with E-state index in [9.17, 15) is 5.11 Å². The number of H-pyrrole nitrogens is 1. The maximum absolute atomic E-state index is 10.5. The Hall–Kier alpha value is -3.28. The molecule has 0 fully saturated rings. The molecule has 0 spiro atoms. The SMILES string of the molecule is CCOc1ccc(N2CC(O)=C(c3nc4ccc(C)cc4[nH]3)C2=N)cc1. The highest BCUT2D eigenvalue weighted by atomic mass is 16.5. The first-order valence-electron chi connectivity index (χ1n) is 8.55. The third-order valence-electron chi connectivity index (χ3n) is 4.44. The summed E-state index contributed by atoms with van der Waals surface area (Å²) in [7, 11) is 0. The molecule has 132 valence electrons. The van der Waals surface area contributed by atoms with E-state index in [1.807, 2.05) is 56.3 Å². The Balaban J connectivity index is 1.65. The molecule has 0 atom stereocenters. The molecule has 4 rings (SSSR count). The molecule has 2 aromatic carbocycles. The summed E-state index contributed by atoms with van der Waals surface area (Å²) in [6, 6.07) is 13.4. The summed E-state index contributed by atoms with van der Waals surface area (Å²) in [4.78, 5) is 9.51. The van der Waals surface area contributed by atoms with E-state index < -0.39 is 0 Å². The normalized spacial score (nSPS) is 14.5. The highest BCUT2D eigenvalue weighted by molar-refractivity contribution is 6.30. The van der Waals surface area contributed by atoms with Gasteiger partial charge >= 0.3 is 0 Å². The van der Waals surface area contributed by atoms with E-state index in [0.29, 0.717) is 18.0 Å². The molecule has 0 unspecified atom stereocenters. The van der Waals surface area contributed by atoms with Crippen LogP contribution in [0.3, 0.4) is 0 Å². The van der Waals surface area contributed by atoms with Crippen LogP contribution < -0.4 is 9.64 Å². The van der Waals surface area contributed by atoms with Crippen LogP contribution in [0.25, 0.3) is 16.6 Å². The molecule has 0 saturated carbocycles. The highest BCUT2D eigenvalue weighted by Gasteiger charge is 2.31. The van der Waals surface area contributed by atoms with E-state index in [4.69, 9.17) is 10.1 Å². The predicted molar refractivity (Wildman–Crippen MR) is 103 cm³/mol. The fourth-order valence-electron chi connectivity index (χ4n) is 3.18. The number of aromatic amines is 1. The summed E-state index contributed by atoms with van der Waals surface area (Å²) in [6.45, 7) is 4.81. The number of rotatable bonds is 4. The first kappa shape index (κ1) is 16.2. The second-order valence-electron chi connectivity index (χ2n) is 6.29. The van der Waals surface area contributed by atoms with Gasteiger partial charge in [0.25, 0.3) is 0 Å². The van der Waals surface area contributed by atoms with Crippen LogP contribution in [-0.4, -0.2) is 34.1 Å². The Kier molecular flexibility index (Phi) is 3.88. The van der Waals surface area contributed by atoms with Gasteiger partial charge in [-0.3, -0.25) is 5.41 Å². The Morgan fingerprint density at radius 3 is 2.73 bits per heavy atom. The van der Waals surface area contributed by atoms with Crippen molar-refractivity contribution in [3.8, 4) is 5.75 Å². The molecular formula is C20H20N4O2. The summed E-state index contributed by atoms with van der Waals surface area (Å²) >= 11 is 0. The average Bonchev–Trinajstić information content (AvgIpc) is 3.15. The summed E-state index contributed by atoms with van der Waals surface area (Å²) in [5.74, 6) is 1.66. The van der Waals surface area contributed by atoms with Gasteiger partial charge in [-0.1, -0.05) is 6.07 Å². The van der Waals surface area contributed by atoms with E-state index in [2.05, 4.69) is 9.97 Å². The Morgan fingerprint density at radius 1 is 1.23 bits per heavy atom. The number of benzene rings is 2. The van der Waals surface area contributed by atoms with E-state index >= 15 is 0 Å². The number of aliphatic hydroxyl groups is 1. The summed E-state index contributed by atoms with van der Waals surface area (Å²) in [5, 5.41) is 19.0. The minimum Gasteiger partial charge on any atom is -0.509 e. The summed E-state index contributed by atoms with van der Waals surface area (Å²) in [6.07, 6.45) is 0. The number of hydrogen-bond donors (Lipinski definition) is 3. The standard InChI is InChI=1S/C20H20N4O2/c1-3-26-14-7-5-13(6-8-14)24-11-17(25)18(19(24)21)20-22-15-9-4-12(2)10-16(15)23-20/h4-10,21,25H,3,11H2,1-2H3,(H,22,23). The lowest BCUT2D eigenvalue weighted by molar-refractivity contribution is 0.340. The maximum atomic E-state index is 10.5. The highest BCUT2D eigenvalue weighted by Crippen LogP contribution is 2.31. The monoisotopic (exact) mass is 348 g/mol. The largest absolute Gasteiger partial charge is 0.509 e. The minimum atomic E-state index is 0.139. The summed E-state index contributed by atoms with van der Waals surface area (Å²) in [5.41, 5.74) is 4.11. The minimum absolute atomic E-state index is 0.139. The van der Waals surface area contributed by atoms with Crippen molar-refractivity contribution in [1.29, 1.82) is 5.41 Å². The van der Waals surface area contributed by atoms with Crippen LogP contribution >= 0.6 is 0 Å². The van der Waals surface area contributed by atoms with Crippen molar-refractivity contribution >= 4 is 28.1 Å². The Bertz CT molecular complexity index is 1020. The molecule has 6 nitrogen and oxygen atoms in total. The van der Waals surface area contributed by atoms with Crippen LogP contribution in [-0.2, 0) is 0 Å². The zero-order valence-electron chi connectivity index (χ0n) is 14.7. The molecule has 1 aliphatic heterocycles. The van der Waals surface area contributed by atoms with Crippen molar-refractivity contribution in [2.24, 2.45) is 0 Å². The molecular weight excluding hydrogens is 328 g/mol. The third kappa shape index (κ3) is 2.69. The lowest BCUT2D eigenvalue weighted by Crippen LogP contribution is -2.26.